The molecule has 1 aromatic rings. The second kappa shape index (κ2) is 10.7. The number of hydrogen-bond acceptors (Lipinski definition) is 5. The third-order valence-electron chi connectivity index (χ3n) is 5.28. The van der Waals surface area contributed by atoms with Crippen molar-refractivity contribution < 1.29 is 9.53 Å². The number of amides is 1. The molecule has 26 heavy (non-hydrogen) atoms. The zero-order valence-corrected chi connectivity index (χ0v) is 16.2. The van der Waals surface area contributed by atoms with E-state index in [9.17, 15) is 4.79 Å². The van der Waals surface area contributed by atoms with E-state index >= 15 is 0 Å². The van der Waals surface area contributed by atoms with Gasteiger partial charge in [0.1, 0.15) is 5.82 Å². The summed E-state index contributed by atoms with van der Waals surface area (Å²) in [5, 5.41) is 2.99. The van der Waals surface area contributed by atoms with Gasteiger partial charge >= 0.3 is 0 Å². The molecule has 0 spiro atoms. The van der Waals surface area contributed by atoms with Gasteiger partial charge in [-0.05, 0) is 49.3 Å². The molecule has 0 bridgehead atoms. The summed E-state index contributed by atoms with van der Waals surface area (Å²) in [6.07, 6.45) is 8.61. The highest BCUT2D eigenvalue weighted by molar-refractivity contribution is 5.85. The maximum atomic E-state index is 12.3. The summed E-state index contributed by atoms with van der Waals surface area (Å²) >= 11 is 0. The van der Waals surface area contributed by atoms with Gasteiger partial charge in [0.05, 0.1) is 6.04 Å². The molecule has 3 rings (SSSR count). The van der Waals surface area contributed by atoms with Crippen molar-refractivity contribution in [3.05, 3.63) is 23.9 Å². The first-order valence-electron chi connectivity index (χ1n) is 9.55. The summed E-state index contributed by atoms with van der Waals surface area (Å²) in [4.78, 5) is 19.2. The number of rotatable bonds is 5. The number of nitrogens with two attached hydrogens (primary N) is 1. The molecule has 0 aliphatic carbocycles. The molecule has 0 saturated carbocycles. The normalized spacial score (nSPS) is 20.0. The van der Waals surface area contributed by atoms with Crippen LogP contribution in [0.4, 0.5) is 5.82 Å². The highest BCUT2D eigenvalue weighted by Crippen LogP contribution is 2.19. The molecule has 3 heterocycles. The Labute approximate surface area is 162 Å². The van der Waals surface area contributed by atoms with Crippen LogP contribution in [0.15, 0.2) is 18.3 Å². The predicted molar refractivity (Wildman–Crippen MR) is 106 cm³/mol. The number of nitrogens with zero attached hydrogens (tertiary/aromatic N) is 2. The van der Waals surface area contributed by atoms with Crippen LogP contribution in [-0.2, 0) is 16.1 Å². The molecule has 7 heteroatoms. The van der Waals surface area contributed by atoms with Crippen molar-refractivity contribution in [2.75, 3.05) is 31.2 Å². The van der Waals surface area contributed by atoms with Crippen molar-refractivity contribution in [3.63, 3.8) is 0 Å². The molecule has 2 aliphatic heterocycles. The van der Waals surface area contributed by atoms with Crippen molar-refractivity contribution in [2.24, 2.45) is 11.7 Å². The fraction of sp³-hybridized carbons (Fsp3) is 0.684. The van der Waals surface area contributed by atoms with Crippen LogP contribution < -0.4 is 16.0 Å². The van der Waals surface area contributed by atoms with Gasteiger partial charge in [0, 0.05) is 39.0 Å². The lowest BCUT2D eigenvalue weighted by Gasteiger charge is -2.26. The van der Waals surface area contributed by atoms with Crippen molar-refractivity contribution in [1.29, 1.82) is 0 Å². The van der Waals surface area contributed by atoms with E-state index in [2.05, 4.69) is 21.3 Å². The highest BCUT2D eigenvalue weighted by atomic mass is 35.5. The van der Waals surface area contributed by atoms with Gasteiger partial charge in [-0.15, -0.1) is 12.4 Å². The summed E-state index contributed by atoms with van der Waals surface area (Å²) in [6.45, 7) is 4.04. The topological polar surface area (TPSA) is 80.5 Å². The summed E-state index contributed by atoms with van der Waals surface area (Å²) in [6, 6.07) is 3.60. The van der Waals surface area contributed by atoms with Crippen LogP contribution in [0.5, 0.6) is 0 Å². The number of anilines is 1. The zero-order valence-electron chi connectivity index (χ0n) is 15.4. The minimum absolute atomic E-state index is 0. The second-order valence-corrected chi connectivity index (χ2v) is 7.12. The fourth-order valence-corrected chi connectivity index (χ4v) is 3.64. The van der Waals surface area contributed by atoms with Crippen molar-refractivity contribution in [1.82, 2.24) is 10.3 Å². The lowest BCUT2D eigenvalue weighted by atomic mass is 9.92. The molecule has 1 unspecified atom stereocenters. The second-order valence-electron chi connectivity index (χ2n) is 7.12. The molecule has 2 aliphatic rings. The number of carbonyl (C=O) groups excluding carboxylic acids is 1. The first-order valence-corrected chi connectivity index (χ1v) is 9.55. The largest absolute Gasteiger partial charge is 0.381 e. The third-order valence-corrected chi connectivity index (χ3v) is 5.28. The summed E-state index contributed by atoms with van der Waals surface area (Å²) in [5.74, 6) is 1.17. The van der Waals surface area contributed by atoms with Crippen LogP contribution in [0.1, 0.15) is 44.1 Å². The van der Waals surface area contributed by atoms with E-state index in [1.165, 1.54) is 25.7 Å². The first kappa shape index (κ1) is 20.9. The number of nitrogens with one attached hydrogen (secondary N) is 1. The van der Waals surface area contributed by atoms with Gasteiger partial charge in [0.2, 0.25) is 5.91 Å². The predicted octanol–water partition coefficient (Wildman–Crippen LogP) is 2.25. The Morgan fingerprint density at radius 2 is 1.96 bits per heavy atom. The van der Waals surface area contributed by atoms with Crippen LogP contribution in [0.2, 0.25) is 0 Å². The lowest BCUT2D eigenvalue weighted by Crippen LogP contribution is -2.46. The number of ether oxygens (including phenoxy) is 1. The first-order chi connectivity index (χ1) is 12.2. The van der Waals surface area contributed by atoms with E-state index in [1.807, 2.05) is 12.3 Å². The molecule has 0 aromatic carbocycles. The van der Waals surface area contributed by atoms with Crippen LogP contribution in [0.25, 0.3) is 0 Å². The molecule has 1 aromatic heterocycles. The van der Waals surface area contributed by atoms with E-state index in [4.69, 9.17) is 10.5 Å². The van der Waals surface area contributed by atoms with Gasteiger partial charge < -0.3 is 20.7 Å². The molecule has 146 valence electrons. The Hall–Kier alpha value is -1.37. The monoisotopic (exact) mass is 382 g/mol. The quantitative estimate of drug-likeness (QED) is 0.816. The van der Waals surface area contributed by atoms with Gasteiger partial charge in [-0.2, -0.15) is 0 Å². The van der Waals surface area contributed by atoms with Crippen molar-refractivity contribution >= 4 is 24.1 Å². The van der Waals surface area contributed by atoms with E-state index in [-0.39, 0.29) is 24.2 Å². The average molecular weight is 383 g/mol. The van der Waals surface area contributed by atoms with Crippen molar-refractivity contribution in [2.45, 2.75) is 51.1 Å². The van der Waals surface area contributed by atoms with Crippen LogP contribution in [0.3, 0.4) is 0 Å². The Morgan fingerprint density at radius 3 is 2.65 bits per heavy atom. The van der Waals surface area contributed by atoms with Gasteiger partial charge in [0.25, 0.3) is 0 Å². The van der Waals surface area contributed by atoms with Gasteiger partial charge in [0.15, 0.2) is 0 Å². The van der Waals surface area contributed by atoms with Crippen molar-refractivity contribution in [3.8, 4) is 0 Å². The molecule has 2 fully saturated rings. The summed E-state index contributed by atoms with van der Waals surface area (Å²) in [7, 11) is 0. The SMILES string of the molecule is Cl.NC(C(=O)NCc1ccnc(N2CCCCCC2)c1)C1CCOCC1. The molecule has 0 radical (unpaired) electrons. The minimum Gasteiger partial charge on any atom is -0.381 e. The third kappa shape index (κ3) is 5.83. The van der Waals surface area contributed by atoms with Crippen LogP contribution in [-0.4, -0.2) is 43.2 Å². The van der Waals surface area contributed by atoms with Crippen LogP contribution >= 0.6 is 12.4 Å². The molecule has 1 amide bonds. The van der Waals surface area contributed by atoms with Crippen LogP contribution in [0, 0.1) is 5.92 Å². The Balaban J connectivity index is 0.00000243. The smallest absolute Gasteiger partial charge is 0.237 e. The maximum absolute atomic E-state index is 12.3. The molecular formula is C19H31ClN4O2. The minimum atomic E-state index is -0.448. The number of carbonyl (C=O) groups is 1. The van der Waals surface area contributed by atoms with E-state index in [1.54, 1.807) is 0 Å². The Kier molecular flexibility index (Phi) is 8.62. The van der Waals surface area contributed by atoms with Gasteiger partial charge in [-0.3, -0.25) is 4.79 Å². The summed E-state index contributed by atoms with van der Waals surface area (Å²) in [5.41, 5.74) is 7.20. The standard InChI is InChI=1S/C19H30N4O2.ClH/c20-18(16-6-11-25-12-7-16)19(24)22-14-15-5-8-21-17(13-15)23-9-3-1-2-4-10-23;/h5,8,13,16,18H,1-4,6-7,9-12,14,20H2,(H,22,24);1H. The number of pyridine rings is 1. The number of halogens is 1. The number of aromatic nitrogens is 1. The van der Waals surface area contributed by atoms with E-state index in [0.29, 0.717) is 19.8 Å². The molecule has 6 nitrogen and oxygen atoms in total. The summed E-state index contributed by atoms with van der Waals surface area (Å²) < 4.78 is 5.34. The van der Waals surface area contributed by atoms with Gasteiger partial charge in [-0.25, -0.2) is 4.98 Å². The molecular weight excluding hydrogens is 352 g/mol. The molecule has 1 atom stereocenters. The average Bonchev–Trinajstić information content (AvgIpc) is 2.96. The highest BCUT2D eigenvalue weighted by Gasteiger charge is 2.26. The number of hydrogen-bond donors (Lipinski definition) is 2. The molecule has 2 saturated heterocycles. The van der Waals surface area contributed by atoms with E-state index in [0.717, 1.165) is 37.3 Å². The fourth-order valence-electron chi connectivity index (χ4n) is 3.64. The Bertz CT molecular complexity index is 558. The lowest BCUT2D eigenvalue weighted by molar-refractivity contribution is -0.124. The maximum Gasteiger partial charge on any atom is 0.237 e. The van der Waals surface area contributed by atoms with E-state index < -0.39 is 6.04 Å². The zero-order chi connectivity index (χ0) is 17.5. The molecule has 3 N–H and O–H groups in total. The Morgan fingerprint density at radius 1 is 1.27 bits per heavy atom. The van der Waals surface area contributed by atoms with Gasteiger partial charge in [-0.1, -0.05) is 12.8 Å².